The molecule has 698 valence electrons. The Morgan fingerprint density at radius 2 is 0.478 bits per heavy atom. The van der Waals surface area contributed by atoms with Crippen molar-refractivity contribution in [3.8, 4) is 0 Å². The molecule has 0 saturated carbocycles. The summed E-state index contributed by atoms with van der Waals surface area (Å²) in [6.45, 7) is 55.5. The molecule has 0 N–H and O–H groups in total. The van der Waals surface area contributed by atoms with E-state index in [1.165, 1.54) is 310 Å². The molecular formula is C94H221BrCl8MgSn9. The summed E-state index contributed by atoms with van der Waals surface area (Å²) in [5, 5.41) is 0. The normalized spacial score (nSPS) is 9.96. The van der Waals surface area contributed by atoms with Crippen LogP contribution in [0.15, 0.2) is 38.0 Å². The van der Waals surface area contributed by atoms with E-state index in [0.717, 1.165) is 21.7 Å². The molecule has 0 heterocycles. The van der Waals surface area contributed by atoms with Gasteiger partial charge < -0.3 is 23.9 Å². The van der Waals surface area contributed by atoms with Crippen LogP contribution in [-0.4, -0.2) is 190 Å². The van der Waals surface area contributed by atoms with E-state index in [1.807, 2.05) is 6.08 Å². The van der Waals surface area contributed by atoms with Gasteiger partial charge in [0.05, 0.1) is 0 Å². The average Bonchev–Trinajstić information content (AvgIpc) is 0.873. The van der Waals surface area contributed by atoms with Crippen LogP contribution in [0.1, 0.15) is 448 Å². The minimum absolute atomic E-state index is 0. The second-order valence-electron chi connectivity index (χ2n) is 29.2. The third-order valence-electron chi connectivity index (χ3n) is 17.9. The van der Waals surface area contributed by atoms with Crippen molar-refractivity contribution < 1.29 is 18.4 Å². The van der Waals surface area contributed by atoms with Crippen LogP contribution in [0.4, 0.5) is 0 Å². The molecule has 113 heavy (non-hydrogen) atoms. The van der Waals surface area contributed by atoms with Crippen LogP contribution in [0, 0.1) is 6.92 Å². The smallest absolute Gasteiger partial charge is 1.00 e. The number of unbranched alkanes of at least 4 members (excludes halogenated alkanes) is 21. The Bertz CT molecular complexity index is 1230. The van der Waals surface area contributed by atoms with Gasteiger partial charge in [0.2, 0.25) is 0 Å². The number of allylic oxidation sites excluding steroid dienone is 3. The molecule has 0 unspecified atom stereocenters. The molecular weight excluding hydrogens is 2590 g/mol. The zero-order chi connectivity index (χ0) is 81.1. The summed E-state index contributed by atoms with van der Waals surface area (Å²) >= 11 is -12.0. The summed E-state index contributed by atoms with van der Waals surface area (Å²) in [6.07, 6.45) is 62.3. The van der Waals surface area contributed by atoms with E-state index >= 15 is 0 Å². The van der Waals surface area contributed by atoms with E-state index in [9.17, 15) is 0 Å². The maximum Gasteiger partial charge on any atom is 2.00 e. The van der Waals surface area contributed by atoms with E-state index in [4.69, 9.17) is 71.4 Å². The van der Waals surface area contributed by atoms with Gasteiger partial charge in [-0.1, -0.05) is 64.5 Å². The Morgan fingerprint density at radius 1 is 0.301 bits per heavy atom. The van der Waals surface area contributed by atoms with Crippen LogP contribution < -0.4 is 17.0 Å². The Morgan fingerprint density at radius 3 is 0.637 bits per heavy atom. The third kappa shape index (κ3) is 183. The van der Waals surface area contributed by atoms with Crippen molar-refractivity contribution in [2.24, 2.45) is 0 Å². The summed E-state index contributed by atoms with van der Waals surface area (Å²) in [5.74, 6) is 0. The van der Waals surface area contributed by atoms with E-state index in [2.05, 4.69) is 163 Å². The molecule has 0 aliphatic heterocycles. The molecule has 0 aromatic rings. The Hall–Kier alpha value is 9.97. The number of halogens is 9. The Balaban J connectivity index is -0.0000000480. The van der Waals surface area contributed by atoms with Gasteiger partial charge in [0.25, 0.3) is 0 Å². The topological polar surface area (TPSA) is 0 Å². The second kappa shape index (κ2) is 159. The fourth-order valence-electron chi connectivity index (χ4n) is 10.4. The van der Waals surface area contributed by atoms with Crippen molar-refractivity contribution >= 4 is 262 Å². The third-order valence-corrected chi connectivity index (χ3v) is 97.6. The molecule has 0 fully saturated rings. The monoisotopic (exact) mass is 2810 g/mol. The molecule has 0 atom stereocenters. The van der Waals surface area contributed by atoms with Gasteiger partial charge in [-0.15, -0.1) is 6.58 Å². The molecule has 0 nitrogen and oxygen atoms in total. The predicted molar refractivity (Wildman–Crippen MR) is 585 cm³/mol. The quantitative estimate of drug-likeness (QED) is 0.0246. The van der Waals surface area contributed by atoms with Crippen molar-refractivity contribution in [3.05, 3.63) is 44.9 Å². The standard InChI is InChI=1S/3C5H9.18C4H9.7CH4.BrH.8ClH.Mg.9Sn.H2.2H/c3*1-3-5-4-2;18*1-3-4-2;;;;;;;;;;;;;;;;;;;;;;;;;;;;;/h3*3H,1-2,4-5H2;18*1,3-4H2,2H3;7*1H4;9*1H;;;;;;;;;;;1H;;/q;;-1;;;;;;;;;;;;;;;;;;;;;;;;;;;;;;;;;;;+2;;;6*+1;+2;;;/p-9. The zero-order valence-corrected chi connectivity index (χ0v) is 111. The number of hydrogen-bond donors (Lipinski definition) is 0. The maximum atomic E-state index is 6.27. The number of hydrogen-bond acceptors (Lipinski definition) is 0. The van der Waals surface area contributed by atoms with Crippen molar-refractivity contribution in [2.45, 2.75) is 535 Å². The van der Waals surface area contributed by atoms with Gasteiger partial charge in [-0.05, 0) is 0 Å². The van der Waals surface area contributed by atoms with Crippen LogP contribution in [0.5, 0.6) is 0 Å². The maximum absolute atomic E-state index is 6.27. The fourth-order valence-corrected chi connectivity index (χ4v) is 82.2. The minimum atomic E-state index is -2.49. The molecule has 0 aliphatic carbocycles. The van der Waals surface area contributed by atoms with Gasteiger partial charge in [0.1, 0.15) is 0 Å². The molecule has 19 heteroatoms. The van der Waals surface area contributed by atoms with Gasteiger partial charge >= 0.3 is 757 Å². The van der Waals surface area contributed by atoms with Crippen LogP contribution in [-0.2, 0) is 0 Å². The molecule has 0 aromatic heterocycles. The summed E-state index contributed by atoms with van der Waals surface area (Å²) in [4.78, 5) is 0. The summed E-state index contributed by atoms with van der Waals surface area (Å²) < 4.78 is 28.9. The molecule has 0 amide bonds. The van der Waals surface area contributed by atoms with E-state index < -0.39 is 146 Å². The van der Waals surface area contributed by atoms with Gasteiger partial charge in [-0.3, -0.25) is 0 Å². The molecule has 0 bridgehead atoms. The van der Waals surface area contributed by atoms with Gasteiger partial charge in [0, 0.05) is 1.43 Å². The van der Waals surface area contributed by atoms with Crippen molar-refractivity contribution in [2.75, 3.05) is 0 Å². The van der Waals surface area contributed by atoms with Crippen LogP contribution in [0.3, 0.4) is 0 Å². The van der Waals surface area contributed by atoms with Crippen LogP contribution >= 0.6 is 71.4 Å². The van der Waals surface area contributed by atoms with Gasteiger partial charge in [0.15, 0.2) is 0 Å². The molecule has 0 aromatic carbocycles. The molecule has 6 radical (unpaired) electrons. The van der Waals surface area contributed by atoms with Gasteiger partial charge in [-0.25, -0.2) is 0 Å². The average molecular weight is 2810 g/mol. The zero-order valence-electron chi connectivity index (χ0n) is 75.2. The Kier molecular flexibility index (Phi) is 238. The van der Waals surface area contributed by atoms with Crippen LogP contribution in [0.2, 0.25) is 88.7 Å². The first kappa shape index (κ1) is 169. The largest absolute Gasteiger partial charge is 2.00 e. The van der Waals surface area contributed by atoms with Crippen molar-refractivity contribution in [1.82, 2.24) is 0 Å². The summed E-state index contributed by atoms with van der Waals surface area (Å²) in [6, 6.07) is 0. The molecule has 0 spiro atoms. The molecule has 0 saturated heterocycles. The van der Waals surface area contributed by atoms with E-state index in [-0.39, 0.29) is 115 Å². The fraction of sp³-hybridized carbons (Fsp3) is 0.926. The van der Waals surface area contributed by atoms with Crippen molar-refractivity contribution in [3.63, 3.8) is 0 Å². The second-order valence-corrected chi connectivity index (χ2v) is 126. The first-order valence-electron chi connectivity index (χ1n) is 45.0. The Labute approximate surface area is 846 Å². The van der Waals surface area contributed by atoms with Gasteiger partial charge in [-0.2, -0.15) is 6.42 Å². The predicted octanol–water partition coefficient (Wildman–Crippen LogP) is 40.1. The molecule has 0 aliphatic rings. The summed E-state index contributed by atoms with van der Waals surface area (Å²) in [5.41, 5.74) is 0. The minimum Gasteiger partial charge on any atom is -1.00 e. The number of rotatable bonds is 64. The van der Waals surface area contributed by atoms with E-state index in [1.54, 1.807) is 26.6 Å². The molecule has 0 rings (SSSR count). The SMILES string of the molecule is C.C.C.C.C.C.C.C=CCC[CH2-].C=CCC[CH2][Sn]([CH2]CCC)([CH2]CCC)[CH2]CCC=C.CCC[CH2][SnH]([Cl])[CH2]CCC.CCC[CH2][SnH]([Cl])[CH2]CCC.CCC[CH2][Sn]([Cl])([Cl])[CH2]CCC.CCC[CH2][Sn]([Cl])[CH2]CCC.CCC[CH2][Sn]([Cl])[CH2]CCC.CCC[CH2][Sn]([Cl])[CH2]CCC.CCC[CH2][Sn]([Cl])[CH2]CCC.CCC[CH2][Sn][CH2]CCC.[Br-].[HH].[Mg+2]. The van der Waals surface area contributed by atoms with E-state index in [0.29, 0.717) is 0 Å². The summed E-state index contributed by atoms with van der Waals surface area (Å²) in [7, 11) is 50.0. The first-order chi connectivity index (χ1) is 50.0. The van der Waals surface area contributed by atoms with Crippen molar-refractivity contribution in [1.29, 1.82) is 0 Å². The van der Waals surface area contributed by atoms with Crippen LogP contribution in [0.25, 0.3) is 0 Å². The first-order valence-corrected chi connectivity index (χ1v) is 117.